The molecule has 0 bridgehead atoms. The van der Waals surface area contributed by atoms with E-state index < -0.39 is 5.97 Å². The van der Waals surface area contributed by atoms with Crippen LogP contribution in [0.25, 0.3) is 0 Å². The Morgan fingerprint density at radius 1 is 1.25 bits per heavy atom. The molecule has 0 aliphatic heterocycles. The first kappa shape index (κ1) is 13.8. The van der Waals surface area contributed by atoms with E-state index in [1.54, 1.807) is 0 Å². The van der Waals surface area contributed by atoms with Crippen molar-refractivity contribution in [3.8, 4) is 0 Å². The topological polar surface area (TPSA) is 40.5 Å². The Labute approximate surface area is 104 Å². The van der Waals surface area contributed by atoms with Gasteiger partial charge in [-0.05, 0) is 58.0 Å². The normalized spacial score (nSPS) is 37.9. The first-order valence-electron chi connectivity index (χ1n) is 5.92. The summed E-state index contributed by atoms with van der Waals surface area (Å²) < 4.78 is 0. The summed E-state index contributed by atoms with van der Waals surface area (Å²) in [5.74, 6) is -0.651. The molecule has 0 unspecified atom stereocenters. The van der Waals surface area contributed by atoms with Crippen molar-refractivity contribution in [3.05, 3.63) is 0 Å². The third-order valence-electron chi connectivity index (χ3n) is 4.46. The molecule has 0 aromatic carbocycles. The highest BCUT2D eigenvalue weighted by atomic mass is 35.5. The lowest BCUT2D eigenvalue weighted by atomic mass is 9.56. The van der Waals surface area contributed by atoms with E-state index in [1.165, 1.54) is 12.8 Å². The van der Waals surface area contributed by atoms with Gasteiger partial charge in [0.25, 0.3) is 0 Å². The van der Waals surface area contributed by atoms with Crippen molar-refractivity contribution in [2.45, 2.75) is 44.6 Å². The van der Waals surface area contributed by atoms with Gasteiger partial charge in [0.05, 0.1) is 5.92 Å². The highest BCUT2D eigenvalue weighted by Gasteiger charge is 2.47. The van der Waals surface area contributed by atoms with E-state index >= 15 is 0 Å². The van der Waals surface area contributed by atoms with Gasteiger partial charge < -0.3 is 10.0 Å². The van der Waals surface area contributed by atoms with Crippen molar-refractivity contribution >= 4 is 18.4 Å². The quantitative estimate of drug-likeness (QED) is 0.815. The van der Waals surface area contributed by atoms with Crippen LogP contribution >= 0.6 is 12.4 Å². The summed E-state index contributed by atoms with van der Waals surface area (Å²) in [7, 11) is 4.28. The minimum atomic E-state index is -0.590. The van der Waals surface area contributed by atoms with Gasteiger partial charge in [-0.2, -0.15) is 0 Å². The Morgan fingerprint density at radius 3 is 2.12 bits per heavy atom. The monoisotopic (exact) mass is 247 g/mol. The second-order valence-electron chi connectivity index (χ2n) is 5.64. The van der Waals surface area contributed by atoms with E-state index in [0.29, 0.717) is 5.41 Å². The van der Waals surface area contributed by atoms with Crippen molar-refractivity contribution in [1.29, 1.82) is 0 Å². The number of carboxylic acid groups (broad SMARTS) is 1. The van der Waals surface area contributed by atoms with E-state index in [-0.39, 0.29) is 18.3 Å². The molecule has 16 heavy (non-hydrogen) atoms. The van der Waals surface area contributed by atoms with Crippen molar-refractivity contribution in [2.75, 3.05) is 14.1 Å². The predicted molar refractivity (Wildman–Crippen MR) is 66.0 cm³/mol. The zero-order valence-electron chi connectivity index (χ0n) is 10.1. The fraction of sp³-hybridized carbons (Fsp3) is 0.917. The van der Waals surface area contributed by atoms with Gasteiger partial charge in [-0.15, -0.1) is 12.4 Å². The van der Waals surface area contributed by atoms with Crippen LogP contribution in [0.1, 0.15) is 38.5 Å². The number of hydrogen-bond donors (Lipinski definition) is 1. The number of nitrogens with zero attached hydrogens (tertiary/aromatic N) is 1. The Bertz CT molecular complexity index is 252. The molecule has 1 spiro atoms. The third kappa shape index (κ3) is 2.51. The lowest BCUT2D eigenvalue weighted by Crippen LogP contribution is -2.50. The molecule has 94 valence electrons. The summed E-state index contributed by atoms with van der Waals surface area (Å²) in [4.78, 5) is 13.1. The van der Waals surface area contributed by atoms with Crippen LogP contribution in [0.2, 0.25) is 0 Å². The molecule has 2 aliphatic carbocycles. The van der Waals surface area contributed by atoms with Crippen LogP contribution in [-0.2, 0) is 4.79 Å². The standard InChI is InChI=1S/C12H21NO2.ClH/c1-13(2)10-7-12(8-10)5-3-9(4-6-12)11(14)15;/h9-10H,3-8H2,1-2H3,(H,14,15);1H. The van der Waals surface area contributed by atoms with E-state index in [0.717, 1.165) is 31.7 Å². The Hall–Kier alpha value is -0.280. The molecule has 4 heteroatoms. The second kappa shape index (κ2) is 4.92. The van der Waals surface area contributed by atoms with Crippen LogP contribution in [0, 0.1) is 11.3 Å². The highest BCUT2D eigenvalue weighted by molar-refractivity contribution is 5.85. The average Bonchev–Trinajstić information content (AvgIpc) is 2.13. The highest BCUT2D eigenvalue weighted by Crippen LogP contribution is 2.53. The number of hydrogen-bond acceptors (Lipinski definition) is 2. The Balaban J connectivity index is 0.00000128. The number of rotatable bonds is 2. The van der Waals surface area contributed by atoms with E-state index in [2.05, 4.69) is 19.0 Å². The lowest BCUT2D eigenvalue weighted by molar-refractivity contribution is -0.144. The van der Waals surface area contributed by atoms with Gasteiger partial charge in [-0.25, -0.2) is 0 Å². The summed E-state index contributed by atoms with van der Waals surface area (Å²) in [6.45, 7) is 0. The molecule has 2 rings (SSSR count). The zero-order valence-corrected chi connectivity index (χ0v) is 10.9. The number of carbonyl (C=O) groups is 1. The molecule has 3 nitrogen and oxygen atoms in total. The van der Waals surface area contributed by atoms with Gasteiger partial charge >= 0.3 is 5.97 Å². The Kier molecular flexibility index (Phi) is 4.24. The fourth-order valence-electron chi connectivity index (χ4n) is 3.19. The van der Waals surface area contributed by atoms with Crippen LogP contribution in [0.15, 0.2) is 0 Å². The summed E-state index contributed by atoms with van der Waals surface area (Å²) in [6.07, 6.45) is 6.63. The van der Waals surface area contributed by atoms with Crippen molar-refractivity contribution in [1.82, 2.24) is 4.90 Å². The Morgan fingerprint density at radius 2 is 1.75 bits per heavy atom. The van der Waals surface area contributed by atoms with Crippen molar-refractivity contribution < 1.29 is 9.90 Å². The molecule has 0 radical (unpaired) electrons. The molecule has 2 saturated carbocycles. The molecular weight excluding hydrogens is 226 g/mol. The number of carboxylic acids is 1. The molecule has 0 heterocycles. The van der Waals surface area contributed by atoms with Gasteiger partial charge in [0.15, 0.2) is 0 Å². The average molecular weight is 248 g/mol. The van der Waals surface area contributed by atoms with E-state index in [1.807, 2.05) is 0 Å². The maximum absolute atomic E-state index is 10.8. The molecule has 2 fully saturated rings. The van der Waals surface area contributed by atoms with Crippen LogP contribution < -0.4 is 0 Å². The van der Waals surface area contributed by atoms with Crippen LogP contribution in [0.4, 0.5) is 0 Å². The molecule has 0 saturated heterocycles. The van der Waals surface area contributed by atoms with Crippen LogP contribution in [0.5, 0.6) is 0 Å². The molecule has 2 aliphatic rings. The summed E-state index contributed by atoms with van der Waals surface area (Å²) in [5, 5.41) is 8.93. The van der Waals surface area contributed by atoms with Crippen molar-refractivity contribution in [2.24, 2.45) is 11.3 Å². The molecule has 0 aromatic rings. The first-order valence-corrected chi connectivity index (χ1v) is 5.92. The van der Waals surface area contributed by atoms with Gasteiger partial charge in [-0.1, -0.05) is 0 Å². The number of halogens is 1. The fourth-order valence-corrected chi connectivity index (χ4v) is 3.19. The number of aliphatic carboxylic acids is 1. The van der Waals surface area contributed by atoms with Gasteiger partial charge in [0.2, 0.25) is 0 Å². The minimum absolute atomic E-state index is 0. The lowest BCUT2D eigenvalue weighted by Gasteiger charge is -2.53. The molecule has 1 N–H and O–H groups in total. The van der Waals surface area contributed by atoms with Crippen LogP contribution in [-0.4, -0.2) is 36.1 Å². The maximum Gasteiger partial charge on any atom is 0.306 e. The molecule has 0 aromatic heterocycles. The summed E-state index contributed by atoms with van der Waals surface area (Å²) >= 11 is 0. The van der Waals surface area contributed by atoms with Gasteiger partial charge in [0.1, 0.15) is 0 Å². The zero-order chi connectivity index (χ0) is 11.1. The SMILES string of the molecule is CN(C)C1CC2(CCC(C(=O)O)CC2)C1.Cl. The van der Waals surface area contributed by atoms with Crippen molar-refractivity contribution in [3.63, 3.8) is 0 Å². The van der Waals surface area contributed by atoms with E-state index in [9.17, 15) is 4.79 Å². The molecule has 0 atom stereocenters. The summed E-state index contributed by atoms with van der Waals surface area (Å²) in [5.41, 5.74) is 0.515. The maximum atomic E-state index is 10.8. The minimum Gasteiger partial charge on any atom is -0.481 e. The third-order valence-corrected chi connectivity index (χ3v) is 4.46. The van der Waals surface area contributed by atoms with E-state index in [4.69, 9.17) is 5.11 Å². The molecular formula is C12H22ClNO2. The van der Waals surface area contributed by atoms with Gasteiger partial charge in [0, 0.05) is 6.04 Å². The van der Waals surface area contributed by atoms with Gasteiger partial charge in [-0.3, -0.25) is 4.79 Å². The largest absolute Gasteiger partial charge is 0.481 e. The van der Waals surface area contributed by atoms with Crippen LogP contribution in [0.3, 0.4) is 0 Å². The smallest absolute Gasteiger partial charge is 0.306 e. The molecule has 0 amide bonds. The summed E-state index contributed by atoms with van der Waals surface area (Å²) in [6, 6.07) is 0.742. The second-order valence-corrected chi connectivity index (χ2v) is 5.64. The first-order chi connectivity index (χ1) is 7.02. The predicted octanol–water partition coefficient (Wildman–Crippen LogP) is 2.39.